The molecule has 3 aromatic carbocycles. The van der Waals surface area contributed by atoms with Gasteiger partial charge in [0.05, 0.1) is 24.6 Å². The smallest absolute Gasteiger partial charge is 0.416 e. The van der Waals surface area contributed by atoms with E-state index in [2.05, 4.69) is 25.9 Å². The summed E-state index contributed by atoms with van der Waals surface area (Å²) in [6.45, 7) is 0.0331. The summed E-state index contributed by atoms with van der Waals surface area (Å²) in [4.78, 5) is 7.26. The fourth-order valence-electron chi connectivity index (χ4n) is 3.23. The van der Waals surface area contributed by atoms with E-state index in [1.807, 2.05) is 0 Å². The normalized spacial score (nSPS) is 11.1. The zero-order chi connectivity index (χ0) is 23.6. The number of aromatic amines is 1. The summed E-state index contributed by atoms with van der Waals surface area (Å²) >= 11 is 3.21. The van der Waals surface area contributed by atoms with Crippen molar-refractivity contribution in [3.63, 3.8) is 0 Å². The number of imidazole rings is 1. The minimum absolute atomic E-state index is 0. The molecule has 10 heteroatoms. The van der Waals surface area contributed by atoms with Crippen molar-refractivity contribution in [2.24, 2.45) is 0 Å². The van der Waals surface area contributed by atoms with E-state index < -0.39 is 11.7 Å². The summed E-state index contributed by atoms with van der Waals surface area (Å²) < 4.78 is 64.9. The van der Waals surface area contributed by atoms with Crippen molar-refractivity contribution in [1.82, 2.24) is 9.97 Å². The lowest BCUT2D eigenvalue weighted by molar-refractivity contribution is -0.137. The highest BCUT2D eigenvalue weighted by molar-refractivity contribution is 9.10. The molecular formula is C24H18BrClF4N2O2. The third-order valence-corrected chi connectivity index (χ3v) is 5.41. The van der Waals surface area contributed by atoms with Gasteiger partial charge in [-0.15, -0.1) is 12.4 Å². The van der Waals surface area contributed by atoms with Crippen LogP contribution in [-0.2, 0) is 12.8 Å². The van der Waals surface area contributed by atoms with Gasteiger partial charge in [0, 0.05) is 27.2 Å². The van der Waals surface area contributed by atoms with Gasteiger partial charge in [-0.1, -0.05) is 34.1 Å². The van der Waals surface area contributed by atoms with Crippen molar-refractivity contribution in [2.45, 2.75) is 12.8 Å². The average Bonchev–Trinajstić information content (AvgIpc) is 3.28. The van der Waals surface area contributed by atoms with Gasteiger partial charge in [0.15, 0.2) is 0 Å². The number of benzene rings is 3. The summed E-state index contributed by atoms with van der Waals surface area (Å²) in [5.74, 6) is 0.843. The molecule has 4 aromatic rings. The van der Waals surface area contributed by atoms with Gasteiger partial charge in [-0.05, 0) is 36.4 Å². The van der Waals surface area contributed by atoms with Crippen LogP contribution in [0.25, 0.3) is 22.6 Å². The second-order valence-electron chi connectivity index (χ2n) is 7.11. The molecule has 0 fully saturated rings. The second-order valence-corrected chi connectivity index (χ2v) is 8.03. The van der Waals surface area contributed by atoms with Gasteiger partial charge in [-0.25, -0.2) is 9.37 Å². The predicted molar refractivity (Wildman–Crippen MR) is 127 cm³/mol. The summed E-state index contributed by atoms with van der Waals surface area (Å²) in [7, 11) is 1.49. The van der Waals surface area contributed by atoms with E-state index in [0.29, 0.717) is 44.2 Å². The van der Waals surface area contributed by atoms with Crippen molar-refractivity contribution in [2.75, 3.05) is 7.11 Å². The maximum absolute atomic E-state index is 14.0. The number of nitrogens with one attached hydrogen (secondary N) is 1. The van der Waals surface area contributed by atoms with E-state index in [0.717, 1.165) is 12.1 Å². The Balaban J connectivity index is 0.00000324. The van der Waals surface area contributed by atoms with Crippen LogP contribution >= 0.6 is 28.3 Å². The molecule has 0 aliphatic rings. The molecule has 0 bridgehead atoms. The molecule has 4 rings (SSSR count). The molecular weight excluding hydrogens is 540 g/mol. The van der Waals surface area contributed by atoms with Crippen LogP contribution in [0.4, 0.5) is 17.6 Å². The Morgan fingerprint density at radius 2 is 1.82 bits per heavy atom. The first-order valence-electron chi connectivity index (χ1n) is 9.72. The largest absolute Gasteiger partial charge is 0.496 e. The first-order chi connectivity index (χ1) is 15.7. The Morgan fingerprint density at radius 3 is 2.53 bits per heavy atom. The lowest BCUT2D eigenvalue weighted by atomic mass is 10.1. The van der Waals surface area contributed by atoms with E-state index in [1.54, 1.807) is 36.4 Å². The summed E-state index contributed by atoms with van der Waals surface area (Å²) in [5.41, 5.74) is 1.17. The minimum Gasteiger partial charge on any atom is -0.496 e. The first kappa shape index (κ1) is 25.6. The fourth-order valence-corrected chi connectivity index (χ4v) is 3.56. The maximum atomic E-state index is 14.0. The first-order valence-corrected chi connectivity index (χ1v) is 10.5. The van der Waals surface area contributed by atoms with Gasteiger partial charge in [-0.2, -0.15) is 13.2 Å². The SMILES string of the molecule is COc1cc(OCc2ccc(Br)cc2F)ccc1-c1cnc(-c2cccc(C(F)(F)F)c2)[nH]1.Cl. The van der Waals surface area contributed by atoms with Gasteiger partial charge in [-0.3, -0.25) is 0 Å². The highest BCUT2D eigenvalue weighted by Gasteiger charge is 2.30. The monoisotopic (exact) mass is 556 g/mol. The molecule has 0 spiro atoms. The van der Waals surface area contributed by atoms with Crippen LogP contribution in [0.5, 0.6) is 11.5 Å². The predicted octanol–water partition coefficient (Wildman–Crippen LogP) is 7.67. The third kappa shape index (κ3) is 5.71. The van der Waals surface area contributed by atoms with Crippen molar-refractivity contribution in [3.8, 4) is 34.1 Å². The fraction of sp³-hybridized carbons (Fsp3) is 0.125. The Labute approximate surface area is 207 Å². The van der Waals surface area contributed by atoms with Gasteiger partial charge < -0.3 is 14.5 Å². The topological polar surface area (TPSA) is 47.1 Å². The van der Waals surface area contributed by atoms with Gasteiger partial charge in [0.25, 0.3) is 0 Å². The van der Waals surface area contributed by atoms with E-state index in [-0.39, 0.29) is 24.8 Å². The molecule has 0 saturated heterocycles. The number of hydrogen-bond acceptors (Lipinski definition) is 3. The van der Waals surface area contributed by atoms with Crippen LogP contribution in [0.2, 0.25) is 0 Å². The third-order valence-electron chi connectivity index (χ3n) is 4.91. The molecule has 0 aliphatic heterocycles. The molecule has 4 nitrogen and oxygen atoms in total. The van der Waals surface area contributed by atoms with Crippen LogP contribution < -0.4 is 9.47 Å². The zero-order valence-electron chi connectivity index (χ0n) is 17.6. The van der Waals surface area contributed by atoms with E-state index in [4.69, 9.17) is 9.47 Å². The number of hydrogen-bond donors (Lipinski definition) is 1. The number of halogens is 6. The number of aromatic nitrogens is 2. The van der Waals surface area contributed by atoms with Crippen LogP contribution in [0.1, 0.15) is 11.1 Å². The van der Waals surface area contributed by atoms with E-state index in [1.165, 1.54) is 25.4 Å². The standard InChI is InChI=1S/C24H17BrF4N2O2.ClH/c1-32-22-11-18(33-13-15-5-6-17(25)10-20(15)26)7-8-19(22)21-12-30-23(31-21)14-3-2-4-16(9-14)24(27,28)29;/h2-12H,13H2,1H3,(H,30,31);1H. The Morgan fingerprint density at radius 1 is 1.03 bits per heavy atom. The summed E-state index contributed by atoms with van der Waals surface area (Å²) in [5, 5.41) is 0. The molecule has 0 aliphatic carbocycles. The molecule has 1 N–H and O–H groups in total. The Hall–Kier alpha value is -3.04. The Kier molecular flexibility index (Phi) is 7.89. The summed E-state index contributed by atoms with van der Waals surface area (Å²) in [6, 6.07) is 14.7. The average molecular weight is 558 g/mol. The molecule has 0 amide bonds. The highest BCUT2D eigenvalue weighted by Crippen LogP contribution is 2.35. The lowest BCUT2D eigenvalue weighted by Gasteiger charge is -2.12. The van der Waals surface area contributed by atoms with Gasteiger partial charge >= 0.3 is 6.18 Å². The molecule has 0 atom stereocenters. The lowest BCUT2D eigenvalue weighted by Crippen LogP contribution is -2.04. The van der Waals surface area contributed by atoms with Crippen LogP contribution in [0, 0.1) is 5.82 Å². The van der Waals surface area contributed by atoms with Crippen molar-refractivity contribution in [1.29, 1.82) is 0 Å². The maximum Gasteiger partial charge on any atom is 0.416 e. The van der Waals surface area contributed by atoms with Crippen molar-refractivity contribution < 1.29 is 27.0 Å². The van der Waals surface area contributed by atoms with E-state index in [9.17, 15) is 17.6 Å². The second kappa shape index (κ2) is 10.5. The molecule has 0 radical (unpaired) electrons. The minimum atomic E-state index is -4.44. The number of H-pyrrole nitrogens is 1. The van der Waals surface area contributed by atoms with Crippen LogP contribution in [0.15, 0.2) is 71.3 Å². The molecule has 0 saturated carbocycles. The number of nitrogens with zero attached hydrogens (tertiary/aromatic N) is 1. The zero-order valence-corrected chi connectivity index (χ0v) is 20.0. The number of rotatable bonds is 6. The Bertz CT molecular complexity index is 1290. The van der Waals surface area contributed by atoms with Gasteiger partial charge in [0.2, 0.25) is 0 Å². The quantitative estimate of drug-likeness (QED) is 0.248. The number of alkyl halides is 3. The van der Waals surface area contributed by atoms with Crippen molar-refractivity contribution >= 4 is 28.3 Å². The highest BCUT2D eigenvalue weighted by atomic mass is 79.9. The molecule has 34 heavy (non-hydrogen) atoms. The molecule has 1 aromatic heterocycles. The number of methoxy groups -OCH3 is 1. The van der Waals surface area contributed by atoms with Crippen molar-refractivity contribution in [3.05, 3.63) is 88.3 Å². The number of ether oxygens (including phenoxy) is 2. The molecule has 1 heterocycles. The molecule has 0 unspecified atom stereocenters. The summed E-state index contributed by atoms with van der Waals surface area (Å²) in [6.07, 6.45) is -2.92. The molecule has 178 valence electrons. The van der Waals surface area contributed by atoms with E-state index >= 15 is 0 Å². The van der Waals surface area contributed by atoms with Crippen LogP contribution in [-0.4, -0.2) is 17.1 Å². The van der Waals surface area contributed by atoms with Crippen LogP contribution in [0.3, 0.4) is 0 Å². The van der Waals surface area contributed by atoms with Gasteiger partial charge in [0.1, 0.15) is 29.7 Å².